The third kappa shape index (κ3) is 2.62. The monoisotopic (exact) mass is 224 g/mol. The van der Waals surface area contributed by atoms with E-state index in [1.807, 2.05) is 13.8 Å². The van der Waals surface area contributed by atoms with Gasteiger partial charge in [-0.25, -0.2) is 4.98 Å². The molecule has 0 saturated carbocycles. The highest BCUT2D eigenvalue weighted by Crippen LogP contribution is 2.27. The number of aromatic hydroxyl groups is 1. The second-order valence-corrected chi connectivity index (χ2v) is 3.49. The molecular weight excluding hydrogens is 208 g/mol. The van der Waals surface area contributed by atoms with E-state index in [0.29, 0.717) is 0 Å². The summed E-state index contributed by atoms with van der Waals surface area (Å²) in [6, 6.07) is 1.54. The predicted molar refractivity (Wildman–Crippen MR) is 59.7 cm³/mol. The van der Waals surface area contributed by atoms with E-state index in [1.165, 1.54) is 19.4 Å². The summed E-state index contributed by atoms with van der Waals surface area (Å²) in [5.41, 5.74) is -0.0142. The lowest BCUT2D eigenvalue weighted by atomic mass is 10.2. The van der Waals surface area contributed by atoms with Crippen molar-refractivity contribution in [1.29, 1.82) is 0 Å². The van der Waals surface area contributed by atoms with Crippen LogP contribution in [0.5, 0.6) is 11.5 Å². The molecule has 0 radical (unpaired) electrons. The van der Waals surface area contributed by atoms with E-state index in [-0.39, 0.29) is 23.2 Å². The smallest absolute Gasteiger partial charge is 0.274 e. The van der Waals surface area contributed by atoms with Crippen molar-refractivity contribution in [2.45, 2.75) is 26.3 Å². The standard InChI is InChI=1S/C11H16N2O3/c1-4-7(2)13-11(15)9-10(14)8(16-3)5-6-12-9/h5-7,14H,4H2,1-3H3,(H,13,15). The molecule has 0 fully saturated rings. The zero-order chi connectivity index (χ0) is 12.1. The third-order valence-corrected chi connectivity index (χ3v) is 2.31. The number of pyridine rings is 1. The molecule has 1 heterocycles. The number of amides is 1. The van der Waals surface area contributed by atoms with Gasteiger partial charge >= 0.3 is 0 Å². The SMILES string of the molecule is CCC(C)NC(=O)c1nccc(OC)c1O. The minimum Gasteiger partial charge on any atom is -0.503 e. The van der Waals surface area contributed by atoms with Gasteiger partial charge in [-0.2, -0.15) is 0 Å². The summed E-state index contributed by atoms with van der Waals surface area (Å²) in [4.78, 5) is 15.5. The number of methoxy groups -OCH3 is 1. The highest BCUT2D eigenvalue weighted by atomic mass is 16.5. The van der Waals surface area contributed by atoms with Crippen molar-refractivity contribution in [3.8, 4) is 11.5 Å². The van der Waals surface area contributed by atoms with E-state index < -0.39 is 5.91 Å². The van der Waals surface area contributed by atoms with Crippen LogP contribution < -0.4 is 10.1 Å². The van der Waals surface area contributed by atoms with Crippen molar-refractivity contribution in [3.63, 3.8) is 0 Å². The first kappa shape index (κ1) is 12.3. The van der Waals surface area contributed by atoms with Crippen LogP contribution in [0.1, 0.15) is 30.8 Å². The maximum atomic E-state index is 11.7. The Hall–Kier alpha value is -1.78. The Morgan fingerprint density at radius 1 is 1.69 bits per heavy atom. The van der Waals surface area contributed by atoms with Crippen LogP contribution in [-0.4, -0.2) is 29.1 Å². The topological polar surface area (TPSA) is 71.5 Å². The molecule has 2 N–H and O–H groups in total. The van der Waals surface area contributed by atoms with Crippen LogP contribution in [0.15, 0.2) is 12.3 Å². The highest BCUT2D eigenvalue weighted by molar-refractivity contribution is 5.95. The van der Waals surface area contributed by atoms with Gasteiger partial charge in [-0.1, -0.05) is 6.92 Å². The molecule has 0 aliphatic carbocycles. The van der Waals surface area contributed by atoms with Crippen molar-refractivity contribution in [2.24, 2.45) is 0 Å². The predicted octanol–water partition coefficient (Wildman–Crippen LogP) is 1.32. The van der Waals surface area contributed by atoms with Gasteiger partial charge in [0.25, 0.3) is 5.91 Å². The number of aromatic nitrogens is 1. The molecule has 1 aromatic rings. The molecule has 1 aromatic heterocycles. The maximum absolute atomic E-state index is 11.7. The van der Waals surface area contributed by atoms with Crippen molar-refractivity contribution >= 4 is 5.91 Å². The molecule has 1 amide bonds. The zero-order valence-electron chi connectivity index (χ0n) is 9.65. The number of rotatable bonds is 4. The normalized spacial score (nSPS) is 11.9. The number of nitrogens with one attached hydrogen (secondary N) is 1. The van der Waals surface area contributed by atoms with E-state index in [4.69, 9.17) is 4.74 Å². The lowest BCUT2D eigenvalue weighted by Gasteiger charge is -2.12. The second kappa shape index (κ2) is 5.34. The van der Waals surface area contributed by atoms with Gasteiger partial charge in [0.2, 0.25) is 0 Å². The molecule has 5 nitrogen and oxygen atoms in total. The van der Waals surface area contributed by atoms with Crippen LogP contribution in [0.2, 0.25) is 0 Å². The van der Waals surface area contributed by atoms with Gasteiger partial charge < -0.3 is 15.2 Å². The summed E-state index contributed by atoms with van der Waals surface area (Å²) >= 11 is 0. The van der Waals surface area contributed by atoms with Gasteiger partial charge in [0.15, 0.2) is 17.2 Å². The van der Waals surface area contributed by atoms with Crippen LogP contribution in [-0.2, 0) is 0 Å². The number of hydrogen-bond acceptors (Lipinski definition) is 4. The van der Waals surface area contributed by atoms with Crippen LogP contribution in [0.3, 0.4) is 0 Å². The minimum atomic E-state index is -0.397. The second-order valence-electron chi connectivity index (χ2n) is 3.49. The van der Waals surface area contributed by atoms with Gasteiger partial charge in [-0.05, 0) is 13.3 Å². The Kier molecular flexibility index (Phi) is 4.10. The third-order valence-electron chi connectivity index (χ3n) is 2.31. The molecule has 88 valence electrons. The Morgan fingerprint density at radius 3 is 2.94 bits per heavy atom. The van der Waals surface area contributed by atoms with Gasteiger partial charge in [0.05, 0.1) is 7.11 Å². The first-order valence-electron chi connectivity index (χ1n) is 5.13. The Balaban J connectivity index is 2.91. The summed E-state index contributed by atoms with van der Waals surface area (Å²) in [5, 5.41) is 12.4. The minimum absolute atomic E-state index is 0.0142. The Labute approximate surface area is 94.5 Å². The molecule has 0 aromatic carbocycles. The molecule has 0 bridgehead atoms. The van der Waals surface area contributed by atoms with Crippen LogP contribution in [0, 0.1) is 0 Å². The number of carbonyl (C=O) groups excluding carboxylic acids is 1. The van der Waals surface area contributed by atoms with Crippen molar-refractivity contribution in [1.82, 2.24) is 10.3 Å². The van der Waals surface area contributed by atoms with E-state index >= 15 is 0 Å². The van der Waals surface area contributed by atoms with Crippen LogP contribution >= 0.6 is 0 Å². The van der Waals surface area contributed by atoms with Crippen LogP contribution in [0.4, 0.5) is 0 Å². The van der Waals surface area contributed by atoms with E-state index in [2.05, 4.69) is 10.3 Å². The number of hydrogen-bond donors (Lipinski definition) is 2. The summed E-state index contributed by atoms with van der Waals surface area (Å²) < 4.78 is 4.90. The number of ether oxygens (including phenoxy) is 1. The number of carbonyl (C=O) groups is 1. The fourth-order valence-corrected chi connectivity index (χ4v) is 1.16. The maximum Gasteiger partial charge on any atom is 0.274 e. The summed E-state index contributed by atoms with van der Waals surface area (Å²) in [5.74, 6) is -0.388. The Morgan fingerprint density at radius 2 is 2.38 bits per heavy atom. The number of nitrogens with zero attached hydrogens (tertiary/aromatic N) is 1. The summed E-state index contributed by atoms with van der Waals surface area (Å²) in [6.07, 6.45) is 2.24. The van der Waals surface area contributed by atoms with E-state index in [1.54, 1.807) is 0 Å². The summed E-state index contributed by atoms with van der Waals surface area (Å²) in [7, 11) is 1.42. The molecule has 0 aliphatic rings. The van der Waals surface area contributed by atoms with E-state index in [0.717, 1.165) is 6.42 Å². The average Bonchev–Trinajstić information content (AvgIpc) is 2.29. The fraction of sp³-hybridized carbons (Fsp3) is 0.455. The van der Waals surface area contributed by atoms with Gasteiger partial charge in [0, 0.05) is 18.3 Å². The van der Waals surface area contributed by atoms with Crippen molar-refractivity contribution in [3.05, 3.63) is 18.0 Å². The van der Waals surface area contributed by atoms with Gasteiger partial charge in [-0.15, -0.1) is 0 Å². The lowest BCUT2D eigenvalue weighted by Crippen LogP contribution is -2.32. The molecule has 1 unspecified atom stereocenters. The Bertz CT molecular complexity index is 379. The largest absolute Gasteiger partial charge is 0.503 e. The molecule has 0 spiro atoms. The lowest BCUT2D eigenvalue weighted by molar-refractivity contribution is 0.0930. The van der Waals surface area contributed by atoms with Crippen LogP contribution in [0.25, 0.3) is 0 Å². The van der Waals surface area contributed by atoms with E-state index in [9.17, 15) is 9.90 Å². The molecule has 0 saturated heterocycles. The quantitative estimate of drug-likeness (QED) is 0.809. The van der Waals surface area contributed by atoms with Gasteiger partial charge in [0.1, 0.15) is 0 Å². The van der Waals surface area contributed by atoms with Crippen molar-refractivity contribution < 1.29 is 14.6 Å². The van der Waals surface area contributed by atoms with Gasteiger partial charge in [-0.3, -0.25) is 4.79 Å². The molecular formula is C11H16N2O3. The highest BCUT2D eigenvalue weighted by Gasteiger charge is 2.17. The molecule has 0 aliphatic heterocycles. The molecule has 1 rings (SSSR count). The first-order valence-corrected chi connectivity index (χ1v) is 5.13. The summed E-state index contributed by atoms with van der Waals surface area (Å²) in [6.45, 7) is 3.85. The molecule has 16 heavy (non-hydrogen) atoms. The van der Waals surface area contributed by atoms with Crippen molar-refractivity contribution in [2.75, 3.05) is 7.11 Å². The average molecular weight is 224 g/mol. The molecule has 5 heteroatoms. The first-order chi connectivity index (χ1) is 7.60. The fourth-order valence-electron chi connectivity index (χ4n) is 1.16. The zero-order valence-corrected chi connectivity index (χ0v) is 9.65. The molecule has 1 atom stereocenters.